The molecule has 6 nitrogen and oxygen atoms in total. The van der Waals surface area contributed by atoms with Crippen molar-refractivity contribution in [2.45, 2.75) is 44.6 Å². The maximum absolute atomic E-state index is 11.5. The maximum Gasteiger partial charge on any atom is 0.293 e. The summed E-state index contributed by atoms with van der Waals surface area (Å²) in [7, 11) is -3.46. The molecule has 1 rings (SSSR count). The van der Waals surface area contributed by atoms with E-state index >= 15 is 0 Å². The van der Waals surface area contributed by atoms with Gasteiger partial charge < -0.3 is 5.32 Å². The van der Waals surface area contributed by atoms with Crippen molar-refractivity contribution in [3.05, 3.63) is 28.3 Å². The molecule has 0 saturated carbocycles. The second kappa shape index (κ2) is 6.89. The summed E-state index contributed by atoms with van der Waals surface area (Å²) in [6, 6.07) is 4.03. The molecular formula is C14H22N2O4S. The van der Waals surface area contributed by atoms with E-state index in [0.717, 1.165) is 25.2 Å². The molecule has 1 aromatic carbocycles. The highest BCUT2D eigenvalue weighted by Gasteiger charge is 2.20. The topological polar surface area (TPSA) is 89.3 Å². The summed E-state index contributed by atoms with van der Waals surface area (Å²) in [6.07, 6.45) is 2.97. The van der Waals surface area contributed by atoms with E-state index < -0.39 is 14.8 Å². The first-order chi connectivity index (χ1) is 9.65. The minimum atomic E-state index is -3.46. The Kier molecular flexibility index (Phi) is 5.71. The van der Waals surface area contributed by atoms with Gasteiger partial charge in [-0.3, -0.25) is 10.1 Å². The number of nitro benzene ring substituents is 1. The molecule has 0 aliphatic rings. The van der Waals surface area contributed by atoms with E-state index in [4.69, 9.17) is 0 Å². The lowest BCUT2D eigenvalue weighted by Gasteiger charge is -2.18. The molecule has 0 aliphatic carbocycles. The molecule has 118 valence electrons. The Balaban J connectivity index is 3.05. The van der Waals surface area contributed by atoms with Crippen molar-refractivity contribution in [3.8, 4) is 0 Å². The van der Waals surface area contributed by atoms with Gasteiger partial charge in [0.15, 0.2) is 9.84 Å². The molecule has 0 aliphatic heterocycles. The van der Waals surface area contributed by atoms with Crippen LogP contribution >= 0.6 is 0 Å². The van der Waals surface area contributed by atoms with Crippen LogP contribution in [0.4, 0.5) is 11.4 Å². The quantitative estimate of drug-likeness (QED) is 0.616. The molecule has 0 spiro atoms. The number of rotatable bonds is 7. The monoisotopic (exact) mass is 314 g/mol. The Morgan fingerprint density at radius 1 is 1.33 bits per heavy atom. The molecule has 0 radical (unpaired) electrons. The number of hydrogen-bond donors (Lipinski definition) is 1. The predicted octanol–water partition coefficient (Wildman–Crippen LogP) is 3.23. The molecule has 1 aromatic rings. The molecule has 7 heteroatoms. The lowest BCUT2D eigenvalue weighted by atomic mass is 10.00. The zero-order chi connectivity index (χ0) is 16.2. The van der Waals surface area contributed by atoms with Crippen molar-refractivity contribution in [1.29, 1.82) is 0 Å². The van der Waals surface area contributed by atoms with Crippen molar-refractivity contribution < 1.29 is 13.3 Å². The van der Waals surface area contributed by atoms with Gasteiger partial charge in [0.05, 0.1) is 9.82 Å². The first kappa shape index (κ1) is 17.4. The summed E-state index contributed by atoms with van der Waals surface area (Å²) < 4.78 is 23.0. The number of sulfone groups is 1. The molecule has 0 amide bonds. The van der Waals surface area contributed by atoms with Crippen molar-refractivity contribution >= 4 is 21.2 Å². The highest BCUT2D eigenvalue weighted by atomic mass is 32.2. The van der Waals surface area contributed by atoms with Gasteiger partial charge in [0.2, 0.25) is 0 Å². The molecule has 0 fully saturated rings. The van der Waals surface area contributed by atoms with Gasteiger partial charge in [0, 0.05) is 18.4 Å². The smallest absolute Gasteiger partial charge is 0.293 e. The Labute approximate surface area is 125 Å². The molecule has 2 atom stereocenters. The fraction of sp³-hybridized carbons (Fsp3) is 0.571. The van der Waals surface area contributed by atoms with E-state index in [9.17, 15) is 18.5 Å². The number of nitrogens with one attached hydrogen (secondary N) is 1. The summed E-state index contributed by atoms with van der Waals surface area (Å²) >= 11 is 0. The van der Waals surface area contributed by atoms with Gasteiger partial charge in [-0.1, -0.05) is 20.3 Å². The zero-order valence-electron chi connectivity index (χ0n) is 12.8. The van der Waals surface area contributed by atoms with Crippen molar-refractivity contribution in [2.24, 2.45) is 5.92 Å². The van der Waals surface area contributed by atoms with Gasteiger partial charge in [0.1, 0.15) is 5.69 Å². The van der Waals surface area contributed by atoms with E-state index in [1.165, 1.54) is 12.1 Å². The largest absolute Gasteiger partial charge is 0.377 e. The minimum Gasteiger partial charge on any atom is -0.377 e. The van der Waals surface area contributed by atoms with Gasteiger partial charge in [0.25, 0.3) is 5.69 Å². The second-order valence-corrected chi connectivity index (χ2v) is 7.52. The third-order valence-electron chi connectivity index (χ3n) is 3.45. The number of anilines is 1. The number of nitrogens with zero attached hydrogens (tertiary/aromatic N) is 1. The zero-order valence-corrected chi connectivity index (χ0v) is 13.6. The highest BCUT2D eigenvalue weighted by molar-refractivity contribution is 7.90. The Morgan fingerprint density at radius 3 is 2.43 bits per heavy atom. The summed E-state index contributed by atoms with van der Waals surface area (Å²) in [5.74, 6) is 0.516. The lowest BCUT2D eigenvalue weighted by Crippen LogP contribution is -2.19. The van der Waals surface area contributed by atoms with Crippen LogP contribution in [0.2, 0.25) is 0 Å². The molecule has 0 aromatic heterocycles. The lowest BCUT2D eigenvalue weighted by molar-refractivity contribution is -0.384. The Bertz CT molecular complexity index is 613. The fourth-order valence-corrected chi connectivity index (χ4v) is 2.75. The summed E-state index contributed by atoms with van der Waals surface area (Å²) in [6.45, 7) is 6.18. The minimum absolute atomic E-state index is 0.0469. The van der Waals surface area contributed by atoms with Gasteiger partial charge in [-0.15, -0.1) is 0 Å². The van der Waals surface area contributed by atoms with Crippen LogP contribution in [0.5, 0.6) is 0 Å². The van der Waals surface area contributed by atoms with Crippen LogP contribution in [-0.4, -0.2) is 25.6 Å². The van der Waals surface area contributed by atoms with Crippen molar-refractivity contribution in [2.75, 3.05) is 11.6 Å². The van der Waals surface area contributed by atoms with Crippen LogP contribution in [0, 0.1) is 16.0 Å². The standard InChI is InChI=1S/C14H22N2O4S/c1-5-10(2)8-11(3)15-13-7-6-12(21(4,19)20)9-14(13)16(17)18/h6-7,9-11,15H,5,8H2,1-4H3. The molecule has 1 N–H and O–H groups in total. The average molecular weight is 314 g/mol. The van der Waals surface area contributed by atoms with Crippen LogP contribution in [0.1, 0.15) is 33.6 Å². The van der Waals surface area contributed by atoms with Gasteiger partial charge >= 0.3 is 0 Å². The summed E-state index contributed by atoms with van der Waals surface area (Å²) in [5.41, 5.74) is 0.136. The van der Waals surface area contributed by atoms with Crippen LogP contribution in [-0.2, 0) is 9.84 Å². The maximum atomic E-state index is 11.5. The van der Waals surface area contributed by atoms with E-state index in [1.807, 2.05) is 6.92 Å². The average Bonchev–Trinajstić information content (AvgIpc) is 2.37. The molecule has 0 bridgehead atoms. The SMILES string of the molecule is CCC(C)CC(C)Nc1ccc(S(C)(=O)=O)cc1[N+](=O)[O-]. The van der Waals surface area contributed by atoms with Crippen LogP contribution in [0.25, 0.3) is 0 Å². The normalized spacial score (nSPS) is 14.5. The molecule has 0 saturated heterocycles. The molecular weight excluding hydrogens is 292 g/mol. The second-order valence-electron chi connectivity index (χ2n) is 5.50. The predicted molar refractivity (Wildman–Crippen MR) is 83.4 cm³/mol. The third kappa shape index (κ3) is 5.00. The van der Waals surface area contributed by atoms with E-state index in [1.54, 1.807) is 0 Å². The van der Waals surface area contributed by atoms with Crippen LogP contribution in [0.3, 0.4) is 0 Å². The van der Waals surface area contributed by atoms with Crippen LogP contribution < -0.4 is 5.32 Å². The number of hydrogen-bond acceptors (Lipinski definition) is 5. The van der Waals surface area contributed by atoms with Gasteiger partial charge in [-0.25, -0.2) is 8.42 Å². The van der Waals surface area contributed by atoms with Crippen LogP contribution in [0.15, 0.2) is 23.1 Å². The number of nitro groups is 1. The molecule has 21 heavy (non-hydrogen) atoms. The van der Waals surface area contributed by atoms with Gasteiger partial charge in [-0.2, -0.15) is 0 Å². The van der Waals surface area contributed by atoms with Crippen molar-refractivity contribution in [1.82, 2.24) is 0 Å². The third-order valence-corrected chi connectivity index (χ3v) is 4.56. The van der Waals surface area contributed by atoms with E-state index in [-0.39, 0.29) is 16.6 Å². The first-order valence-electron chi connectivity index (χ1n) is 6.90. The highest BCUT2D eigenvalue weighted by Crippen LogP contribution is 2.29. The number of benzene rings is 1. The summed E-state index contributed by atoms with van der Waals surface area (Å²) in [4.78, 5) is 10.5. The van der Waals surface area contributed by atoms with E-state index in [2.05, 4.69) is 19.2 Å². The molecule has 2 unspecified atom stereocenters. The van der Waals surface area contributed by atoms with E-state index in [0.29, 0.717) is 11.6 Å². The first-order valence-corrected chi connectivity index (χ1v) is 8.79. The van der Waals surface area contributed by atoms with Gasteiger partial charge in [-0.05, 0) is 31.4 Å². The molecule has 0 heterocycles. The Morgan fingerprint density at radius 2 is 1.95 bits per heavy atom. The summed E-state index contributed by atoms with van der Waals surface area (Å²) in [5, 5.41) is 14.2. The Hall–Kier alpha value is -1.63. The fourth-order valence-electron chi connectivity index (χ4n) is 2.11. The van der Waals surface area contributed by atoms with Crippen molar-refractivity contribution in [3.63, 3.8) is 0 Å².